The Morgan fingerprint density at radius 2 is 2.21 bits per heavy atom. The first-order chi connectivity index (χ1) is 6.58. The Kier molecular flexibility index (Phi) is 1.49. The van der Waals surface area contributed by atoms with Gasteiger partial charge in [0.15, 0.2) is 0 Å². The van der Waals surface area contributed by atoms with E-state index in [0.717, 1.165) is 10.7 Å². The fourth-order valence-corrected chi connectivity index (χ4v) is 2.38. The number of hydrogen-bond donors (Lipinski definition) is 1. The van der Waals surface area contributed by atoms with E-state index in [1.165, 1.54) is 5.56 Å². The molecule has 2 aliphatic rings. The molecule has 1 saturated heterocycles. The molecule has 2 aliphatic heterocycles. The molecule has 74 valence electrons. The molecule has 0 amide bonds. The Bertz CT molecular complexity index is 402. The van der Waals surface area contributed by atoms with Gasteiger partial charge in [0.1, 0.15) is 12.2 Å². The minimum Gasteiger partial charge on any atom is -0.377 e. The number of anilines is 1. The molecule has 0 radical (unpaired) electrons. The summed E-state index contributed by atoms with van der Waals surface area (Å²) in [5, 5.41) is 4.25. The number of nitrogens with one attached hydrogen (secondary N) is 1. The molecule has 1 N–H and O–H groups in total. The summed E-state index contributed by atoms with van der Waals surface area (Å²) >= 11 is 5.95. The van der Waals surface area contributed by atoms with Crippen molar-refractivity contribution in [2.45, 2.75) is 31.6 Å². The molecule has 2 atom stereocenters. The van der Waals surface area contributed by atoms with E-state index in [0.29, 0.717) is 6.10 Å². The smallest absolute Gasteiger partial charge is 0.114 e. The molecule has 0 aromatic heterocycles. The van der Waals surface area contributed by atoms with Gasteiger partial charge < -0.3 is 10.1 Å². The molecule has 14 heavy (non-hydrogen) atoms. The van der Waals surface area contributed by atoms with Crippen molar-refractivity contribution in [1.29, 1.82) is 0 Å². The van der Waals surface area contributed by atoms with Crippen LogP contribution in [0.1, 0.15) is 25.5 Å². The zero-order valence-electron chi connectivity index (χ0n) is 8.17. The van der Waals surface area contributed by atoms with Crippen molar-refractivity contribution in [2.24, 2.45) is 0 Å². The van der Waals surface area contributed by atoms with Crippen LogP contribution in [0.5, 0.6) is 0 Å². The van der Waals surface area contributed by atoms with Crippen LogP contribution >= 0.6 is 11.6 Å². The van der Waals surface area contributed by atoms with E-state index in [4.69, 9.17) is 16.3 Å². The maximum atomic E-state index is 5.95. The van der Waals surface area contributed by atoms with Crippen LogP contribution in [0.4, 0.5) is 5.69 Å². The van der Waals surface area contributed by atoms with Crippen LogP contribution in [0.3, 0.4) is 0 Å². The predicted octanol–water partition coefficient (Wildman–Crippen LogP) is 2.98. The number of halogens is 1. The first-order valence-electron chi connectivity index (χ1n) is 4.81. The summed E-state index contributed by atoms with van der Waals surface area (Å²) in [5.74, 6) is 0. The lowest BCUT2D eigenvalue weighted by atomic mass is 9.89. The fraction of sp³-hybridized carbons (Fsp3) is 0.455. The van der Waals surface area contributed by atoms with Crippen LogP contribution < -0.4 is 5.32 Å². The topological polar surface area (TPSA) is 24.6 Å². The summed E-state index contributed by atoms with van der Waals surface area (Å²) in [6, 6.07) is 5.92. The van der Waals surface area contributed by atoms with Gasteiger partial charge in [0.2, 0.25) is 0 Å². The maximum absolute atomic E-state index is 5.95. The van der Waals surface area contributed by atoms with Crippen LogP contribution in [0, 0.1) is 0 Å². The summed E-state index contributed by atoms with van der Waals surface area (Å²) < 4.78 is 5.65. The molecule has 2 heterocycles. The van der Waals surface area contributed by atoms with Crippen molar-refractivity contribution in [3.63, 3.8) is 0 Å². The van der Waals surface area contributed by atoms with Gasteiger partial charge in [0.05, 0.1) is 5.54 Å². The first-order valence-corrected chi connectivity index (χ1v) is 5.19. The Balaban J connectivity index is 2.11. The number of rotatable bonds is 0. The van der Waals surface area contributed by atoms with Crippen LogP contribution in [-0.2, 0) is 4.74 Å². The third kappa shape index (κ3) is 1.07. The zero-order valence-corrected chi connectivity index (χ0v) is 8.93. The maximum Gasteiger partial charge on any atom is 0.114 e. The van der Waals surface area contributed by atoms with E-state index in [2.05, 4.69) is 19.2 Å². The third-order valence-electron chi connectivity index (χ3n) is 2.98. The van der Waals surface area contributed by atoms with Crippen molar-refractivity contribution in [1.82, 2.24) is 0 Å². The minimum atomic E-state index is 0.0332. The van der Waals surface area contributed by atoms with Gasteiger partial charge in [0.25, 0.3) is 0 Å². The van der Waals surface area contributed by atoms with Gasteiger partial charge in [-0.15, -0.1) is 0 Å². The zero-order chi connectivity index (χ0) is 9.92. The van der Waals surface area contributed by atoms with Gasteiger partial charge in [-0.1, -0.05) is 11.6 Å². The monoisotopic (exact) mass is 209 g/mol. The number of ether oxygens (including phenoxy) is 1. The first kappa shape index (κ1) is 8.57. The molecule has 2 nitrogen and oxygen atoms in total. The third-order valence-corrected chi connectivity index (χ3v) is 3.21. The molecular weight excluding hydrogens is 198 g/mol. The number of hydrogen-bond acceptors (Lipinski definition) is 2. The van der Waals surface area contributed by atoms with Crippen molar-refractivity contribution < 1.29 is 4.74 Å². The van der Waals surface area contributed by atoms with Gasteiger partial charge in [-0.25, -0.2) is 0 Å². The molecule has 1 aromatic carbocycles. The molecule has 0 spiro atoms. The lowest BCUT2D eigenvalue weighted by Gasteiger charge is -2.30. The Morgan fingerprint density at radius 1 is 1.43 bits per heavy atom. The SMILES string of the molecule is CC1(C)Nc2ccc(Cl)cc2C2OC21. The Labute approximate surface area is 88.2 Å². The Morgan fingerprint density at radius 3 is 3.00 bits per heavy atom. The quantitative estimate of drug-likeness (QED) is 0.665. The second-order valence-electron chi connectivity index (χ2n) is 4.56. The van der Waals surface area contributed by atoms with Crippen molar-refractivity contribution in [3.05, 3.63) is 28.8 Å². The normalized spacial score (nSPS) is 31.4. The van der Waals surface area contributed by atoms with Gasteiger partial charge in [-0.3, -0.25) is 0 Å². The van der Waals surface area contributed by atoms with Gasteiger partial charge in [-0.2, -0.15) is 0 Å². The van der Waals surface area contributed by atoms with Crippen LogP contribution in [0.15, 0.2) is 18.2 Å². The lowest BCUT2D eigenvalue weighted by Crippen LogP contribution is -2.40. The van der Waals surface area contributed by atoms with Crippen LogP contribution in [0.25, 0.3) is 0 Å². The molecule has 1 fully saturated rings. The van der Waals surface area contributed by atoms with Crippen molar-refractivity contribution in [3.8, 4) is 0 Å². The molecule has 2 unspecified atom stereocenters. The average molecular weight is 210 g/mol. The largest absolute Gasteiger partial charge is 0.377 e. The van der Waals surface area contributed by atoms with Gasteiger partial charge in [-0.05, 0) is 32.0 Å². The van der Waals surface area contributed by atoms with E-state index in [1.807, 2.05) is 18.2 Å². The molecular formula is C11H12ClNO. The minimum absolute atomic E-state index is 0.0332. The number of epoxide rings is 1. The number of fused-ring (bicyclic) bond motifs is 3. The molecule has 3 heteroatoms. The van der Waals surface area contributed by atoms with Crippen molar-refractivity contribution in [2.75, 3.05) is 5.32 Å². The summed E-state index contributed by atoms with van der Waals surface area (Å²) in [7, 11) is 0. The van der Waals surface area contributed by atoms with E-state index in [-0.39, 0.29) is 11.6 Å². The lowest BCUT2D eigenvalue weighted by molar-refractivity contribution is 0.327. The summed E-state index contributed by atoms with van der Waals surface area (Å²) in [6.45, 7) is 4.32. The van der Waals surface area contributed by atoms with E-state index >= 15 is 0 Å². The van der Waals surface area contributed by atoms with E-state index in [9.17, 15) is 0 Å². The van der Waals surface area contributed by atoms with Crippen LogP contribution in [-0.4, -0.2) is 11.6 Å². The molecule has 1 aromatic rings. The molecule has 0 saturated carbocycles. The van der Waals surface area contributed by atoms with E-state index in [1.54, 1.807) is 0 Å². The summed E-state index contributed by atoms with van der Waals surface area (Å²) in [4.78, 5) is 0. The second kappa shape index (κ2) is 2.44. The highest BCUT2D eigenvalue weighted by Gasteiger charge is 2.54. The summed E-state index contributed by atoms with van der Waals surface area (Å²) in [5.41, 5.74) is 2.38. The highest BCUT2D eigenvalue weighted by Crippen LogP contribution is 2.52. The predicted molar refractivity (Wildman–Crippen MR) is 56.8 cm³/mol. The summed E-state index contributed by atoms with van der Waals surface area (Å²) in [6.07, 6.45) is 0.549. The van der Waals surface area contributed by atoms with Crippen molar-refractivity contribution >= 4 is 17.3 Å². The van der Waals surface area contributed by atoms with Gasteiger partial charge in [0, 0.05) is 16.3 Å². The highest BCUT2D eigenvalue weighted by molar-refractivity contribution is 6.30. The van der Waals surface area contributed by atoms with Gasteiger partial charge >= 0.3 is 0 Å². The Hall–Kier alpha value is -0.730. The van der Waals surface area contributed by atoms with Crippen LogP contribution in [0.2, 0.25) is 5.02 Å². The average Bonchev–Trinajstić information content (AvgIpc) is 2.86. The number of benzene rings is 1. The molecule has 3 rings (SSSR count). The highest BCUT2D eigenvalue weighted by atomic mass is 35.5. The van der Waals surface area contributed by atoms with E-state index < -0.39 is 0 Å². The standard InChI is InChI=1S/C11H12ClNO/c1-11(2)10-9(14-10)7-5-6(12)3-4-8(7)13-11/h3-5,9-10,13H,1-2H3. The molecule has 0 bridgehead atoms. The molecule has 0 aliphatic carbocycles. The fourth-order valence-electron chi connectivity index (χ4n) is 2.20. The second-order valence-corrected chi connectivity index (χ2v) is 4.99.